The summed E-state index contributed by atoms with van der Waals surface area (Å²) in [5.41, 5.74) is 0. The predicted octanol–water partition coefficient (Wildman–Crippen LogP) is 4.61. The van der Waals surface area contributed by atoms with Gasteiger partial charge in [0.2, 0.25) is 0 Å². The van der Waals surface area contributed by atoms with E-state index in [9.17, 15) is 0 Å². The number of hydrogen-bond acceptors (Lipinski definition) is 0. The summed E-state index contributed by atoms with van der Waals surface area (Å²) < 4.78 is 0. The predicted molar refractivity (Wildman–Crippen MR) is 60.3 cm³/mol. The Hall–Kier alpha value is 0.290. The van der Waals surface area contributed by atoms with Gasteiger partial charge in [-0.3, -0.25) is 0 Å². The lowest BCUT2D eigenvalue weighted by molar-refractivity contribution is 0.281. The first-order chi connectivity index (χ1) is 6.26. The van der Waals surface area contributed by atoms with Crippen molar-refractivity contribution in [3.8, 4) is 0 Å². The van der Waals surface area contributed by atoms with Crippen LogP contribution >= 0.6 is 11.6 Å². The number of alkyl halides is 1. The van der Waals surface area contributed by atoms with Crippen molar-refractivity contribution in [3.05, 3.63) is 0 Å². The Morgan fingerprint density at radius 1 is 1.23 bits per heavy atom. The lowest BCUT2D eigenvalue weighted by atomic mass is 9.81. The molecule has 13 heavy (non-hydrogen) atoms. The molecule has 0 heterocycles. The maximum atomic E-state index is 6.18. The lowest BCUT2D eigenvalue weighted by Gasteiger charge is -2.28. The molecular formula is C12H23Cl. The molecule has 78 valence electrons. The van der Waals surface area contributed by atoms with E-state index in [0.29, 0.717) is 5.38 Å². The molecule has 1 fully saturated rings. The average Bonchev–Trinajstić information content (AvgIpc) is 2.14. The summed E-state index contributed by atoms with van der Waals surface area (Å²) in [5.74, 6) is 1.88. The minimum Gasteiger partial charge on any atom is -0.123 e. The van der Waals surface area contributed by atoms with Crippen LogP contribution in [-0.2, 0) is 0 Å². The molecule has 0 aromatic rings. The van der Waals surface area contributed by atoms with E-state index in [4.69, 9.17) is 11.6 Å². The number of hydrogen-bond donors (Lipinski definition) is 0. The Labute approximate surface area is 88.1 Å². The van der Waals surface area contributed by atoms with Crippen LogP contribution in [-0.4, -0.2) is 5.38 Å². The highest BCUT2D eigenvalue weighted by Crippen LogP contribution is 2.33. The van der Waals surface area contributed by atoms with Gasteiger partial charge in [0, 0.05) is 5.38 Å². The van der Waals surface area contributed by atoms with Gasteiger partial charge in [-0.15, -0.1) is 11.6 Å². The summed E-state index contributed by atoms with van der Waals surface area (Å²) in [6.45, 7) is 4.63. The third-order valence-electron chi connectivity index (χ3n) is 3.54. The van der Waals surface area contributed by atoms with E-state index >= 15 is 0 Å². The standard InChI is InChI=1S/C12H23Cl/c1-3-10(4-2)8-11-6-5-7-12(13)9-11/h10-12H,3-9H2,1-2H3. The van der Waals surface area contributed by atoms with Gasteiger partial charge in [-0.25, -0.2) is 0 Å². The van der Waals surface area contributed by atoms with E-state index < -0.39 is 0 Å². The lowest BCUT2D eigenvalue weighted by Crippen LogP contribution is -2.18. The Morgan fingerprint density at radius 2 is 1.92 bits per heavy atom. The monoisotopic (exact) mass is 202 g/mol. The molecule has 0 aromatic heterocycles. The third-order valence-corrected chi connectivity index (χ3v) is 3.94. The summed E-state index contributed by atoms with van der Waals surface area (Å²) >= 11 is 6.18. The van der Waals surface area contributed by atoms with Gasteiger partial charge < -0.3 is 0 Å². The van der Waals surface area contributed by atoms with Gasteiger partial charge in [-0.1, -0.05) is 39.5 Å². The van der Waals surface area contributed by atoms with Crippen LogP contribution in [0.2, 0.25) is 0 Å². The second-order valence-electron chi connectivity index (χ2n) is 4.55. The Morgan fingerprint density at radius 3 is 2.46 bits per heavy atom. The first-order valence-electron chi connectivity index (χ1n) is 5.90. The smallest absolute Gasteiger partial charge is 0.0338 e. The van der Waals surface area contributed by atoms with Crippen molar-refractivity contribution >= 4 is 11.6 Å². The van der Waals surface area contributed by atoms with Crippen molar-refractivity contribution in [2.75, 3.05) is 0 Å². The summed E-state index contributed by atoms with van der Waals surface area (Å²) in [5, 5.41) is 0.480. The molecule has 0 aromatic carbocycles. The molecule has 0 radical (unpaired) electrons. The zero-order valence-electron chi connectivity index (χ0n) is 9.06. The maximum absolute atomic E-state index is 6.18. The number of halogens is 1. The van der Waals surface area contributed by atoms with Crippen LogP contribution < -0.4 is 0 Å². The topological polar surface area (TPSA) is 0 Å². The highest BCUT2D eigenvalue weighted by molar-refractivity contribution is 6.20. The molecule has 0 aliphatic heterocycles. The van der Waals surface area contributed by atoms with Gasteiger partial charge in [0.05, 0.1) is 0 Å². The zero-order valence-corrected chi connectivity index (χ0v) is 9.82. The molecule has 0 spiro atoms. The van der Waals surface area contributed by atoms with Crippen molar-refractivity contribution in [1.29, 1.82) is 0 Å². The van der Waals surface area contributed by atoms with E-state index in [1.54, 1.807) is 0 Å². The van der Waals surface area contributed by atoms with E-state index in [2.05, 4.69) is 13.8 Å². The third kappa shape index (κ3) is 3.89. The van der Waals surface area contributed by atoms with Crippen molar-refractivity contribution in [3.63, 3.8) is 0 Å². The minimum absolute atomic E-state index is 0.480. The Bertz CT molecular complexity index is 129. The van der Waals surface area contributed by atoms with Crippen LogP contribution in [0.15, 0.2) is 0 Å². The molecule has 0 saturated heterocycles. The number of rotatable bonds is 4. The highest BCUT2D eigenvalue weighted by atomic mass is 35.5. The maximum Gasteiger partial charge on any atom is 0.0338 e. The zero-order chi connectivity index (χ0) is 9.68. The fourth-order valence-electron chi connectivity index (χ4n) is 2.53. The van der Waals surface area contributed by atoms with E-state index in [-0.39, 0.29) is 0 Å². The summed E-state index contributed by atoms with van der Waals surface area (Å²) in [6.07, 6.45) is 9.44. The summed E-state index contributed by atoms with van der Waals surface area (Å²) in [7, 11) is 0. The normalized spacial score (nSPS) is 29.5. The van der Waals surface area contributed by atoms with E-state index in [0.717, 1.165) is 11.8 Å². The van der Waals surface area contributed by atoms with Crippen LogP contribution in [0.25, 0.3) is 0 Å². The molecule has 0 bridgehead atoms. The molecule has 0 amide bonds. The fraction of sp³-hybridized carbons (Fsp3) is 1.00. The molecule has 1 aliphatic carbocycles. The van der Waals surface area contributed by atoms with Crippen LogP contribution in [0.1, 0.15) is 58.8 Å². The second kappa shape index (κ2) is 5.90. The molecule has 2 unspecified atom stereocenters. The van der Waals surface area contributed by atoms with Gasteiger partial charge in [-0.05, 0) is 31.1 Å². The molecule has 1 saturated carbocycles. The van der Waals surface area contributed by atoms with Gasteiger partial charge in [0.1, 0.15) is 0 Å². The van der Waals surface area contributed by atoms with E-state index in [1.165, 1.54) is 44.9 Å². The molecular weight excluding hydrogens is 180 g/mol. The Kier molecular flexibility index (Phi) is 5.16. The second-order valence-corrected chi connectivity index (χ2v) is 5.17. The van der Waals surface area contributed by atoms with Gasteiger partial charge in [-0.2, -0.15) is 0 Å². The van der Waals surface area contributed by atoms with Crippen molar-refractivity contribution < 1.29 is 0 Å². The van der Waals surface area contributed by atoms with E-state index in [1.807, 2.05) is 0 Å². The fourth-order valence-corrected chi connectivity index (χ4v) is 2.94. The van der Waals surface area contributed by atoms with Gasteiger partial charge >= 0.3 is 0 Å². The summed E-state index contributed by atoms with van der Waals surface area (Å²) in [4.78, 5) is 0. The van der Waals surface area contributed by atoms with Gasteiger partial charge in [0.25, 0.3) is 0 Å². The van der Waals surface area contributed by atoms with Crippen molar-refractivity contribution in [2.24, 2.45) is 11.8 Å². The highest BCUT2D eigenvalue weighted by Gasteiger charge is 2.21. The summed E-state index contributed by atoms with van der Waals surface area (Å²) in [6, 6.07) is 0. The Balaban J connectivity index is 2.26. The van der Waals surface area contributed by atoms with Crippen LogP contribution in [0, 0.1) is 11.8 Å². The van der Waals surface area contributed by atoms with Crippen molar-refractivity contribution in [2.45, 2.75) is 64.2 Å². The van der Waals surface area contributed by atoms with Crippen molar-refractivity contribution in [1.82, 2.24) is 0 Å². The molecule has 2 atom stereocenters. The first kappa shape index (κ1) is 11.4. The van der Waals surface area contributed by atoms with Crippen LogP contribution in [0.4, 0.5) is 0 Å². The molecule has 0 nitrogen and oxygen atoms in total. The minimum atomic E-state index is 0.480. The SMILES string of the molecule is CCC(CC)CC1CCCC(Cl)C1. The van der Waals surface area contributed by atoms with Gasteiger partial charge in [0.15, 0.2) is 0 Å². The molecule has 1 rings (SSSR count). The quantitative estimate of drug-likeness (QED) is 0.584. The molecule has 1 aliphatic rings. The first-order valence-corrected chi connectivity index (χ1v) is 6.33. The largest absolute Gasteiger partial charge is 0.123 e. The van der Waals surface area contributed by atoms with Crippen LogP contribution in [0.5, 0.6) is 0 Å². The molecule has 1 heteroatoms. The van der Waals surface area contributed by atoms with Crippen LogP contribution in [0.3, 0.4) is 0 Å². The average molecular weight is 203 g/mol. The molecule has 0 N–H and O–H groups in total.